The molecule has 38 heavy (non-hydrogen) atoms. The van der Waals surface area contributed by atoms with Crippen molar-refractivity contribution < 1.29 is 18.1 Å². The minimum absolute atomic E-state index is 0.0189. The SMILES string of the molecule is O=C(N/N=C/c1cc([N+](=O)[O-])ccc1Cl)c1ccccc1N(Cc1ccccc1)S(=O)(=O)c1ccccc1. The van der Waals surface area contributed by atoms with Crippen LogP contribution in [0, 0.1) is 10.1 Å². The van der Waals surface area contributed by atoms with Crippen molar-refractivity contribution in [3.63, 3.8) is 0 Å². The molecule has 0 saturated heterocycles. The highest BCUT2D eigenvalue weighted by Gasteiger charge is 2.28. The van der Waals surface area contributed by atoms with Crippen molar-refractivity contribution in [3.05, 3.63) is 135 Å². The number of nitro groups is 1. The fraction of sp³-hybridized carbons (Fsp3) is 0.0370. The van der Waals surface area contributed by atoms with Gasteiger partial charge in [-0.25, -0.2) is 13.8 Å². The van der Waals surface area contributed by atoms with Gasteiger partial charge in [0.15, 0.2) is 0 Å². The number of hydrazone groups is 1. The lowest BCUT2D eigenvalue weighted by Crippen LogP contribution is -2.33. The summed E-state index contributed by atoms with van der Waals surface area (Å²) in [6, 6.07) is 27.1. The summed E-state index contributed by atoms with van der Waals surface area (Å²) in [5.41, 5.74) is 3.33. The van der Waals surface area contributed by atoms with E-state index in [1.165, 1.54) is 46.9 Å². The highest BCUT2D eigenvalue weighted by molar-refractivity contribution is 7.92. The lowest BCUT2D eigenvalue weighted by Gasteiger charge is -2.26. The monoisotopic (exact) mass is 548 g/mol. The Bertz CT molecular complexity index is 1600. The highest BCUT2D eigenvalue weighted by Crippen LogP contribution is 2.29. The maximum atomic E-state index is 13.7. The molecule has 0 radical (unpaired) electrons. The number of hydrogen-bond donors (Lipinski definition) is 1. The average molecular weight is 549 g/mol. The summed E-state index contributed by atoms with van der Waals surface area (Å²) in [5, 5.41) is 15.1. The fourth-order valence-corrected chi connectivity index (χ4v) is 5.28. The van der Waals surface area contributed by atoms with E-state index in [2.05, 4.69) is 10.5 Å². The predicted molar refractivity (Wildman–Crippen MR) is 146 cm³/mol. The van der Waals surface area contributed by atoms with Crippen LogP contribution in [0.3, 0.4) is 0 Å². The number of carbonyl (C=O) groups is 1. The van der Waals surface area contributed by atoms with E-state index >= 15 is 0 Å². The van der Waals surface area contributed by atoms with Crippen molar-refractivity contribution >= 4 is 45.1 Å². The first-order valence-corrected chi connectivity index (χ1v) is 13.1. The molecule has 9 nitrogen and oxygen atoms in total. The zero-order valence-corrected chi connectivity index (χ0v) is 21.3. The molecule has 0 aliphatic heterocycles. The number of non-ortho nitro benzene ring substituents is 1. The van der Waals surface area contributed by atoms with Crippen LogP contribution in [0.1, 0.15) is 21.5 Å². The predicted octanol–water partition coefficient (Wildman–Crippen LogP) is 5.41. The summed E-state index contributed by atoms with van der Waals surface area (Å²) in [5.74, 6) is -0.681. The molecule has 0 atom stereocenters. The van der Waals surface area contributed by atoms with Crippen LogP contribution < -0.4 is 9.73 Å². The van der Waals surface area contributed by atoms with Crippen molar-refractivity contribution in [2.75, 3.05) is 4.31 Å². The van der Waals surface area contributed by atoms with Crippen LogP contribution in [0.25, 0.3) is 0 Å². The van der Waals surface area contributed by atoms with Crippen LogP contribution in [0.15, 0.2) is 113 Å². The van der Waals surface area contributed by atoms with Crippen molar-refractivity contribution in [2.45, 2.75) is 11.4 Å². The molecule has 0 heterocycles. The number of sulfonamides is 1. The van der Waals surface area contributed by atoms with Gasteiger partial charge >= 0.3 is 0 Å². The van der Waals surface area contributed by atoms with E-state index in [-0.39, 0.29) is 39.0 Å². The Balaban J connectivity index is 1.68. The highest BCUT2D eigenvalue weighted by atomic mass is 35.5. The molecule has 4 rings (SSSR count). The van der Waals surface area contributed by atoms with E-state index in [9.17, 15) is 23.3 Å². The smallest absolute Gasteiger partial charge is 0.267 e. The number of carbonyl (C=O) groups excluding carboxylic acids is 1. The number of halogens is 1. The third-order valence-corrected chi connectivity index (χ3v) is 7.60. The maximum Gasteiger partial charge on any atom is 0.273 e. The molecule has 0 saturated carbocycles. The summed E-state index contributed by atoms with van der Waals surface area (Å²) in [6.45, 7) is -0.0189. The van der Waals surface area contributed by atoms with E-state index in [0.717, 1.165) is 5.56 Å². The Kier molecular flexibility index (Phi) is 8.15. The van der Waals surface area contributed by atoms with Crippen LogP contribution in [0.5, 0.6) is 0 Å². The lowest BCUT2D eigenvalue weighted by molar-refractivity contribution is -0.384. The molecule has 0 spiro atoms. The van der Waals surface area contributed by atoms with Gasteiger partial charge in [0, 0.05) is 22.7 Å². The van der Waals surface area contributed by atoms with E-state index in [4.69, 9.17) is 11.6 Å². The van der Waals surface area contributed by atoms with Gasteiger partial charge in [0.05, 0.1) is 33.8 Å². The zero-order chi connectivity index (χ0) is 27.1. The van der Waals surface area contributed by atoms with Gasteiger partial charge in [-0.3, -0.25) is 19.2 Å². The molecule has 0 aliphatic carbocycles. The molecule has 1 N–H and O–H groups in total. The molecule has 0 aliphatic rings. The van der Waals surface area contributed by atoms with Crippen LogP contribution in [0.4, 0.5) is 11.4 Å². The van der Waals surface area contributed by atoms with E-state index in [1.54, 1.807) is 60.7 Å². The number of para-hydroxylation sites is 1. The Morgan fingerprint density at radius 1 is 0.947 bits per heavy atom. The number of nitrogens with one attached hydrogen (secondary N) is 1. The number of benzene rings is 4. The molecule has 1 amide bonds. The minimum Gasteiger partial charge on any atom is -0.267 e. The first-order chi connectivity index (χ1) is 18.3. The third-order valence-electron chi connectivity index (χ3n) is 5.48. The second-order valence-electron chi connectivity index (χ2n) is 7.99. The number of amides is 1. The summed E-state index contributed by atoms with van der Waals surface area (Å²) < 4.78 is 28.6. The van der Waals surface area contributed by atoms with Gasteiger partial charge in [-0.15, -0.1) is 0 Å². The molecule has 192 valence electrons. The Labute approximate surface area is 224 Å². The number of rotatable bonds is 9. The molecule has 4 aromatic rings. The van der Waals surface area contributed by atoms with Gasteiger partial charge in [0.25, 0.3) is 21.6 Å². The normalized spacial score (nSPS) is 11.3. The van der Waals surface area contributed by atoms with Crippen LogP contribution in [-0.4, -0.2) is 25.5 Å². The summed E-state index contributed by atoms with van der Waals surface area (Å²) in [7, 11) is -4.06. The topological polar surface area (TPSA) is 122 Å². The maximum absolute atomic E-state index is 13.7. The van der Waals surface area contributed by atoms with E-state index in [1.807, 2.05) is 6.07 Å². The van der Waals surface area contributed by atoms with Gasteiger partial charge in [-0.05, 0) is 35.9 Å². The largest absolute Gasteiger partial charge is 0.273 e. The van der Waals surface area contributed by atoms with Gasteiger partial charge in [0.2, 0.25) is 0 Å². The van der Waals surface area contributed by atoms with Crippen LogP contribution in [-0.2, 0) is 16.6 Å². The molecule has 0 aromatic heterocycles. The van der Waals surface area contributed by atoms with E-state index in [0.29, 0.717) is 0 Å². The molecule has 0 unspecified atom stereocenters. The summed E-state index contributed by atoms with van der Waals surface area (Å²) >= 11 is 6.09. The van der Waals surface area contributed by atoms with Crippen LogP contribution in [0.2, 0.25) is 5.02 Å². The van der Waals surface area contributed by atoms with Gasteiger partial charge in [0.1, 0.15) is 0 Å². The van der Waals surface area contributed by atoms with Crippen molar-refractivity contribution in [2.24, 2.45) is 5.10 Å². The van der Waals surface area contributed by atoms with E-state index < -0.39 is 20.9 Å². The van der Waals surface area contributed by atoms with Crippen molar-refractivity contribution in [1.29, 1.82) is 0 Å². The lowest BCUT2D eigenvalue weighted by atomic mass is 10.1. The number of hydrogen-bond acceptors (Lipinski definition) is 6. The Morgan fingerprint density at radius 2 is 1.58 bits per heavy atom. The molecule has 0 bridgehead atoms. The Hall–Kier alpha value is -4.54. The second kappa shape index (κ2) is 11.7. The molecular weight excluding hydrogens is 528 g/mol. The van der Waals surface area contributed by atoms with Crippen molar-refractivity contribution in [1.82, 2.24) is 5.43 Å². The molecular formula is C27H21ClN4O5S. The zero-order valence-electron chi connectivity index (χ0n) is 19.8. The number of anilines is 1. The fourth-order valence-electron chi connectivity index (χ4n) is 3.62. The third kappa shape index (κ3) is 6.05. The quantitative estimate of drug-likeness (QED) is 0.170. The Morgan fingerprint density at radius 3 is 2.26 bits per heavy atom. The average Bonchev–Trinajstić information content (AvgIpc) is 2.93. The molecule has 11 heteroatoms. The van der Waals surface area contributed by atoms with Gasteiger partial charge in [-0.2, -0.15) is 5.10 Å². The molecule has 0 fully saturated rings. The van der Waals surface area contributed by atoms with Crippen LogP contribution >= 0.6 is 11.6 Å². The summed E-state index contributed by atoms with van der Waals surface area (Å²) in [4.78, 5) is 23.7. The van der Waals surface area contributed by atoms with Gasteiger partial charge in [-0.1, -0.05) is 72.3 Å². The standard InChI is InChI=1S/C27H21ClN4O5S/c28-25-16-15-22(32(34)35)17-21(25)18-29-30-27(33)24-13-7-8-14-26(24)31(19-20-9-3-1-4-10-20)38(36,37)23-11-5-2-6-12-23/h1-18H,19H2,(H,30,33)/b29-18+. The number of nitro benzene ring substituents is 1. The molecule has 4 aromatic carbocycles. The first-order valence-electron chi connectivity index (χ1n) is 11.3. The second-order valence-corrected chi connectivity index (χ2v) is 10.3. The van der Waals surface area contributed by atoms with Crippen molar-refractivity contribution in [3.8, 4) is 0 Å². The van der Waals surface area contributed by atoms with Gasteiger partial charge < -0.3 is 0 Å². The summed E-state index contributed by atoms with van der Waals surface area (Å²) in [6.07, 6.45) is 1.18. The number of nitrogens with zero attached hydrogens (tertiary/aromatic N) is 3. The minimum atomic E-state index is -4.06. The first kappa shape index (κ1) is 26.5.